The van der Waals surface area contributed by atoms with Crippen LogP contribution in [0, 0.1) is 17.8 Å². The van der Waals surface area contributed by atoms with Gasteiger partial charge in [0.05, 0.1) is 0 Å². The Morgan fingerprint density at radius 2 is 2.00 bits per heavy atom. The Kier molecular flexibility index (Phi) is 16.0. The molecule has 0 atom stereocenters. The summed E-state index contributed by atoms with van der Waals surface area (Å²) in [6.07, 6.45) is 1.43. The average molecular weight is 143 g/mol. The van der Waals surface area contributed by atoms with Crippen molar-refractivity contribution in [1.82, 2.24) is 0 Å². The summed E-state index contributed by atoms with van der Waals surface area (Å²) < 4.78 is 0. The Labute approximate surface area is 57.2 Å². The average Bonchev–Trinajstić information content (AvgIpc) is 1.37. The molecule has 5 heavy (non-hydrogen) atoms. The van der Waals surface area contributed by atoms with Crippen molar-refractivity contribution >= 4 is 0 Å². The smallest absolute Gasteiger partial charge is 0 e. The number of hydrogen-bond acceptors (Lipinski definition) is 1. The van der Waals surface area contributed by atoms with Gasteiger partial charge in [0.1, 0.15) is 0 Å². The summed E-state index contributed by atoms with van der Waals surface area (Å²) in [5.41, 5.74) is 0. The SMILES string of the molecule is C[CH-]C#N.[Y]. The zero-order chi connectivity index (χ0) is 3.41. The molecule has 25 valence electrons. The minimum absolute atomic E-state index is 0. The standard InChI is InChI=1S/C3H4N.Y/c1-2-3-4;/h2H,1H3;/q-1;. The molecule has 1 radical (unpaired) electrons. The third-order valence-corrected chi connectivity index (χ3v) is 0.129. The summed E-state index contributed by atoms with van der Waals surface area (Å²) in [6.45, 7) is 1.69. The van der Waals surface area contributed by atoms with Crippen molar-refractivity contribution in [2.24, 2.45) is 0 Å². The topological polar surface area (TPSA) is 23.8 Å². The van der Waals surface area contributed by atoms with Crippen LogP contribution < -0.4 is 0 Å². The Morgan fingerprint density at radius 3 is 2.00 bits per heavy atom. The maximum atomic E-state index is 7.57. The molecular weight excluding hydrogens is 139 g/mol. The number of nitrogens with zero attached hydrogens (tertiary/aromatic N) is 1. The van der Waals surface area contributed by atoms with Gasteiger partial charge in [-0.25, -0.2) is 5.26 Å². The second kappa shape index (κ2) is 8.82. The molecule has 0 heterocycles. The predicted molar refractivity (Wildman–Crippen MR) is 15.6 cm³/mol. The van der Waals surface area contributed by atoms with Crippen LogP contribution in [0.15, 0.2) is 0 Å². The van der Waals surface area contributed by atoms with Gasteiger partial charge in [0.25, 0.3) is 0 Å². The summed E-state index contributed by atoms with van der Waals surface area (Å²) in [7, 11) is 0. The molecule has 0 bridgehead atoms. The van der Waals surface area contributed by atoms with E-state index < -0.39 is 0 Å². The van der Waals surface area contributed by atoms with Crippen LogP contribution in [-0.2, 0) is 32.7 Å². The first kappa shape index (κ1) is 9.07. The Morgan fingerprint density at radius 1 is 1.80 bits per heavy atom. The van der Waals surface area contributed by atoms with Crippen molar-refractivity contribution < 1.29 is 32.7 Å². The molecule has 0 aromatic carbocycles. The zero-order valence-electron chi connectivity index (χ0n) is 3.10. The maximum absolute atomic E-state index is 7.57. The van der Waals surface area contributed by atoms with Gasteiger partial charge < -0.3 is 0 Å². The molecule has 0 unspecified atom stereocenters. The minimum Gasteiger partial charge on any atom is -0.294 e. The second-order valence-corrected chi connectivity index (χ2v) is 0.418. The molecule has 0 aliphatic heterocycles. The summed E-state index contributed by atoms with van der Waals surface area (Å²) in [4.78, 5) is 0. The van der Waals surface area contributed by atoms with Gasteiger partial charge in [-0.2, -0.15) is 6.92 Å². The maximum Gasteiger partial charge on any atom is 0 e. The first-order valence-corrected chi connectivity index (χ1v) is 1.09. The fourth-order valence-electron chi connectivity index (χ4n) is 0. The molecule has 0 aromatic rings. The van der Waals surface area contributed by atoms with Crippen molar-refractivity contribution in [1.29, 1.82) is 5.26 Å². The molecule has 0 N–H and O–H groups in total. The van der Waals surface area contributed by atoms with Gasteiger partial charge >= 0.3 is 0 Å². The molecule has 1 nitrogen and oxygen atoms in total. The zero-order valence-corrected chi connectivity index (χ0v) is 5.94. The molecule has 2 heteroatoms. The van der Waals surface area contributed by atoms with Gasteiger partial charge in [-0.3, -0.25) is 6.42 Å². The normalized spacial score (nSPS) is 3.20. The number of rotatable bonds is 0. The Bertz CT molecular complexity index is 36.6. The molecule has 0 spiro atoms. The molecule has 0 rings (SSSR count). The van der Waals surface area contributed by atoms with E-state index in [-0.39, 0.29) is 32.7 Å². The van der Waals surface area contributed by atoms with Crippen LogP contribution in [0.5, 0.6) is 0 Å². The summed E-state index contributed by atoms with van der Waals surface area (Å²) >= 11 is 0. The first-order chi connectivity index (χ1) is 1.91. The third-order valence-electron chi connectivity index (χ3n) is 0.129. The van der Waals surface area contributed by atoms with E-state index in [9.17, 15) is 0 Å². The fraction of sp³-hybridized carbons (Fsp3) is 0.333. The second-order valence-electron chi connectivity index (χ2n) is 0.418. The molecular formula is C3H4NY-. The molecule has 0 aliphatic carbocycles. The third kappa shape index (κ3) is 12.6. The quantitative estimate of drug-likeness (QED) is 0.458. The van der Waals surface area contributed by atoms with E-state index in [4.69, 9.17) is 5.26 Å². The monoisotopic (exact) mass is 143 g/mol. The molecule has 0 fully saturated rings. The van der Waals surface area contributed by atoms with E-state index in [0.29, 0.717) is 0 Å². The van der Waals surface area contributed by atoms with Crippen LogP contribution in [-0.4, -0.2) is 0 Å². The fourth-order valence-corrected chi connectivity index (χ4v) is 0. The summed E-state index contributed by atoms with van der Waals surface area (Å²) in [5, 5.41) is 7.57. The molecule has 0 aromatic heterocycles. The van der Waals surface area contributed by atoms with Crippen molar-refractivity contribution in [3.63, 3.8) is 0 Å². The first-order valence-electron chi connectivity index (χ1n) is 1.09. The van der Waals surface area contributed by atoms with Gasteiger partial charge in [-0.15, -0.1) is 6.07 Å². The number of nitriles is 1. The van der Waals surface area contributed by atoms with E-state index in [0.717, 1.165) is 0 Å². The number of hydrogen-bond donors (Lipinski definition) is 0. The van der Waals surface area contributed by atoms with Crippen LogP contribution >= 0.6 is 0 Å². The van der Waals surface area contributed by atoms with E-state index in [2.05, 4.69) is 0 Å². The van der Waals surface area contributed by atoms with E-state index >= 15 is 0 Å². The van der Waals surface area contributed by atoms with Gasteiger partial charge in [0.2, 0.25) is 0 Å². The van der Waals surface area contributed by atoms with E-state index in [1.165, 1.54) is 6.42 Å². The molecule has 0 saturated heterocycles. The summed E-state index contributed by atoms with van der Waals surface area (Å²) in [5.74, 6) is 0. The van der Waals surface area contributed by atoms with Crippen LogP contribution in [0.4, 0.5) is 0 Å². The molecule has 0 amide bonds. The van der Waals surface area contributed by atoms with Crippen LogP contribution in [0.3, 0.4) is 0 Å². The summed E-state index contributed by atoms with van der Waals surface area (Å²) in [6, 6.07) is 1.81. The van der Waals surface area contributed by atoms with E-state index in [1.807, 2.05) is 0 Å². The van der Waals surface area contributed by atoms with Gasteiger partial charge in [0, 0.05) is 32.7 Å². The van der Waals surface area contributed by atoms with Crippen LogP contribution in [0.25, 0.3) is 0 Å². The van der Waals surface area contributed by atoms with E-state index in [1.54, 1.807) is 13.0 Å². The van der Waals surface area contributed by atoms with Crippen molar-refractivity contribution in [3.05, 3.63) is 6.42 Å². The van der Waals surface area contributed by atoms with Crippen molar-refractivity contribution in [3.8, 4) is 6.07 Å². The minimum atomic E-state index is 0. The Balaban J connectivity index is 0. The Hall–Kier alpha value is 0.464. The van der Waals surface area contributed by atoms with Gasteiger partial charge in [-0.1, -0.05) is 0 Å². The molecule has 0 saturated carbocycles. The predicted octanol–water partition coefficient (Wildman–Crippen LogP) is 0.732. The van der Waals surface area contributed by atoms with Crippen LogP contribution in [0.2, 0.25) is 0 Å². The largest absolute Gasteiger partial charge is 0.294 e. The molecule has 0 aliphatic rings. The van der Waals surface area contributed by atoms with Gasteiger partial charge in [-0.05, 0) is 0 Å². The van der Waals surface area contributed by atoms with Gasteiger partial charge in [0.15, 0.2) is 0 Å². The van der Waals surface area contributed by atoms with Crippen molar-refractivity contribution in [2.75, 3.05) is 0 Å². The van der Waals surface area contributed by atoms with Crippen molar-refractivity contribution in [2.45, 2.75) is 6.92 Å². The van der Waals surface area contributed by atoms with Crippen LogP contribution in [0.1, 0.15) is 6.92 Å².